The number of ether oxygens (including phenoxy) is 1. The van der Waals surface area contributed by atoms with Gasteiger partial charge in [-0.2, -0.15) is 0 Å². The van der Waals surface area contributed by atoms with E-state index in [4.69, 9.17) is 4.74 Å². The van der Waals surface area contributed by atoms with Crippen LogP contribution in [0.1, 0.15) is 29.5 Å². The molecule has 0 aliphatic carbocycles. The third-order valence-electron chi connectivity index (χ3n) is 5.63. The molecule has 0 spiro atoms. The fourth-order valence-corrected chi connectivity index (χ4v) is 4.90. The highest BCUT2D eigenvalue weighted by atomic mass is 32.2. The van der Waals surface area contributed by atoms with E-state index in [-0.39, 0.29) is 5.76 Å². The number of rotatable bonds is 8. The van der Waals surface area contributed by atoms with E-state index < -0.39 is 11.6 Å². The summed E-state index contributed by atoms with van der Waals surface area (Å²) in [5.41, 5.74) is 2.45. The molecule has 1 N–H and O–H groups in total. The van der Waals surface area contributed by atoms with Crippen LogP contribution in [0.3, 0.4) is 0 Å². The lowest BCUT2D eigenvalue weighted by Crippen LogP contribution is -2.38. The first-order valence-electron chi connectivity index (χ1n) is 10.6. The first kappa shape index (κ1) is 21.3. The van der Waals surface area contributed by atoms with Crippen molar-refractivity contribution in [3.05, 3.63) is 118 Å². The largest absolute Gasteiger partial charge is 0.511 e. The molecular weight excluding hydrogens is 404 g/mol. The predicted molar refractivity (Wildman–Crippen MR) is 126 cm³/mol. The van der Waals surface area contributed by atoms with Crippen molar-refractivity contribution in [3.63, 3.8) is 0 Å². The fraction of sp³-hybridized carbons (Fsp3) is 0.222. The lowest BCUT2D eigenvalue weighted by molar-refractivity contribution is -0.160. The summed E-state index contributed by atoms with van der Waals surface area (Å²) in [6.07, 6.45) is 2.49. The first-order valence-corrected chi connectivity index (χ1v) is 11.6. The molecule has 1 aliphatic heterocycles. The normalized spacial score (nSPS) is 18.6. The molecule has 3 aromatic carbocycles. The number of aliphatic hydroxyl groups excluding tert-OH is 1. The minimum atomic E-state index is -0.859. The summed E-state index contributed by atoms with van der Waals surface area (Å²) in [7, 11) is 0. The van der Waals surface area contributed by atoms with Crippen molar-refractivity contribution in [2.45, 2.75) is 31.3 Å². The second-order valence-corrected chi connectivity index (χ2v) is 8.88. The van der Waals surface area contributed by atoms with Gasteiger partial charge in [0.2, 0.25) is 0 Å². The Bertz CT molecular complexity index is 1030. The van der Waals surface area contributed by atoms with Crippen LogP contribution < -0.4 is 0 Å². The van der Waals surface area contributed by atoms with Gasteiger partial charge in [0.15, 0.2) is 0 Å². The van der Waals surface area contributed by atoms with Gasteiger partial charge < -0.3 is 9.84 Å². The zero-order chi connectivity index (χ0) is 21.5. The molecule has 0 amide bonds. The molecule has 0 radical (unpaired) electrons. The topological polar surface area (TPSA) is 46.5 Å². The highest BCUT2D eigenvalue weighted by molar-refractivity contribution is 8.04. The Hall–Kier alpha value is -2.98. The average molecular weight is 431 g/mol. The maximum Gasteiger partial charge on any atom is 0.348 e. The summed E-state index contributed by atoms with van der Waals surface area (Å²) in [5.74, 6) is 0.408. The lowest BCUT2D eigenvalue weighted by Gasteiger charge is -2.37. The van der Waals surface area contributed by atoms with Crippen molar-refractivity contribution >= 4 is 17.7 Å². The van der Waals surface area contributed by atoms with Crippen molar-refractivity contribution in [1.82, 2.24) is 0 Å². The molecule has 4 heteroatoms. The Balaban J connectivity index is 1.52. The van der Waals surface area contributed by atoms with Crippen LogP contribution in [-0.4, -0.2) is 16.8 Å². The zero-order valence-corrected chi connectivity index (χ0v) is 18.2. The standard InChI is InChI=1S/C27H26O3S/c28-24-20-27(23-14-8-3-9-15-23,18-16-21-10-4-1-5-11-21)30-26(29)25(24)31-19-17-22-12-6-2-7-13-22/h1-15,28H,16-20H2. The number of esters is 1. The van der Waals surface area contributed by atoms with Gasteiger partial charge in [0.05, 0.1) is 6.42 Å². The van der Waals surface area contributed by atoms with Crippen LogP contribution in [0.25, 0.3) is 0 Å². The SMILES string of the molecule is O=C1OC(CCc2ccccc2)(c2ccccc2)CC(O)=C1SCCc1ccccc1. The van der Waals surface area contributed by atoms with Crippen molar-refractivity contribution in [2.24, 2.45) is 0 Å². The molecule has 158 valence electrons. The number of aliphatic hydroxyl groups is 1. The van der Waals surface area contributed by atoms with Gasteiger partial charge in [-0.05, 0) is 36.0 Å². The molecule has 0 fully saturated rings. The average Bonchev–Trinajstić information content (AvgIpc) is 2.81. The van der Waals surface area contributed by atoms with Gasteiger partial charge in [0.25, 0.3) is 0 Å². The van der Waals surface area contributed by atoms with Gasteiger partial charge in [-0.15, -0.1) is 11.8 Å². The second kappa shape index (κ2) is 9.88. The molecule has 1 heterocycles. The number of hydrogen-bond acceptors (Lipinski definition) is 4. The van der Waals surface area contributed by atoms with E-state index in [2.05, 4.69) is 24.3 Å². The monoisotopic (exact) mass is 430 g/mol. The molecule has 1 aliphatic rings. The molecule has 0 saturated heterocycles. The molecule has 1 unspecified atom stereocenters. The van der Waals surface area contributed by atoms with Crippen LogP contribution in [0.4, 0.5) is 0 Å². The number of benzene rings is 3. The smallest absolute Gasteiger partial charge is 0.348 e. The third kappa shape index (κ3) is 5.20. The molecule has 31 heavy (non-hydrogen) atoms. The second-order valence-electron chi connectivity index (χ2n) is 7.77. The molecule has 0 saturated carbocycles. The number of hydrogen-bond donors (Lipinski definition) is 1. The Morgan fingerprint density at radius 2 is 1.35 bits per heavy atom. The Morgan fingerprint density at radius 1 is 0.806 bits per heavy atom. The van der Waals surface area contributed by atoms with Crippen molar-refractivity contribution < 1.29 is 14.6 Å². The van der Waals surface area contributed by atoms with Crippen LogP contribution in [0.15, 0.2) is 102 Å². The Morgan fingerprint density at radius 3 is 1.94 bits per heavy atom. The highest BCUT2D eigenvalue weighted by Crippen LogP contribution is 2.43. The molecule has 1 atom stereocenters. The van der Waals surface area contributed by atoms with E-state index in [1.54, 1.807) is 0 Å². The van der Waals surface area contributed by atoms with Gasteiger partial charge in [-0.1, -0.05) is 91.0 Å². The maximum atomic E-state index is 13.0. The van der Waals surface area contributed by atoms with Gasteiger partial charge in [-0.3, -0.25) is 0 Å². The van der Waals surface area contributed by atoms with Crippen LogP contribution in [0.2, 0.25) is 0 Å². The highest BCUT2D eigenvalue weighted by Gasteiger charge is 2.43. The fourth-order valence-electron chi connectivity index (χ4n) is 3.96. The van der Waals surface area contributed by atoms with E-state index in [9.17, 15) is 9.90 Å². The van der Waals surface area contributed by atoms with Crippen molar-refractivity contribution in [3.8, 4) is 0 Å². The number of thioether (sulfide) groups is 1. The summed E-state index contributed by atoms with van der Waals surface area (Å²) in [6.45, 7) is 0. The van der Waals surface area contributed by atoms with E-state index in [0.29, 0.717) is 23.5 Å². The van der Waals surface area contributed by atoms with Crippen LogP contribution in [0.5, 0.6) is 0 Å². The van der Waals surface area contributed by atoms with E-state index in [1.807, 2.05) is 66.7 Å². The van der Waals surface area contributed by atoms with Crippen LogP contribution in [0, 0.1) is 0 Å². The van der Waals surface area contributed by atoms with E-state index in [1.165, 1.54) is 22.9 Å². The first-order chi connectivity index (χ1) is 15.2. The van der Waals surface area contributed by atoms with Gasteiger partial charge in [0, 0.05) is 5.75 Å². The Labute approximate surface area is 187 Å². The van der Waals surface area contributed by atoms with Crippen LogP contribution in [-0.2, 0) is 28.0 Å². The number of carbonyl (C=O) groups is 1. The number of cyclic esters (lactones) is 1. The van der Waals surface area contributed by atoms with Gasteiger partial charge >= 0.3 is 5.97 Å². The van der Waals surface area contributed by atoms with E-state index >= 15 is 0 Å². The Kier molecular flexibility index (Phi) is 6.78. The molecule has 4 rings (SSSR count). The predicted octanol–water partition coefficient (Wildman–Crippen LogP) is 6.21. The minimum Gasteiger partial charge on any atom is -0.511 e. The molecule has 0 aromatic heterocycles. The summed E-state index contributed by atoms with van der Waals surface area (Å²) >= 11 is 1.37. The maximum absolute atomic E-state index is 13.0. The van der Waals surface area contributed by atoms with Crippen molar-refractivity contribution in [2.75, 3.05) is 5.75 Å². The number of aryl methyl sites for hydroxylation is 2. The molecule has 0 bridgehead atoms. The van der Waals surface area contributed by atoms with E-state index in [0.717, 1.165) is 18.4 Å². The van der Waals surface area contributed by atoms with Gasteiger partial charge in [-0.25, -0.2) is 4.79 Å². The van der Waals surface area contributed by atoms with Crippen molar-refractivity contribution in [1.29, 1.82) is 0 Å². The van der Waals surface area contributed by atoms with Crippen LogP contribution >= 0.6 is 11.8 Å². The molecule has 3 aromatic rings. The lowest BCUT2D eigenvalue weighted by atomic mass is 9.82. The minimum absolute atomic E-state index is 0.131. The summed E-state index contributed by atoms with van der Waals surface area (Å²) in [4.78, 5) is 13.3. The molecule has 3 nitrogen and oxygen atoms in total. The summed E-state index contributed by atoms with van der Waals surface area (Å²) < 4.78 is 6.09. The van der Waals surface area contributed by atoms with Gasteiger partial charge in [0.1, 0.15) is 16.3 Å². The summed E-state index contributed by atoms with van der Waals surface area (Å²) in [6, 6.07) is 30.1. The quantitative estimate of drug-likeness (QED) is 0.432. The third-order valence-corrected chi connectivity index (χ3v) is 6.73. The summed E-state index contributed by atoms with van der Waals surface area (Å²) in [5, 5.41) is 10.9. The number of carbonyl (C=O) groups excluding carboxylic acids is 1. The zero-order valence-electron chi connectivity index (χ0n) is 17.4. The molecular formula is C27H26O3S.